The smallest absolute Gasteiger partial charge is 0.306 e. The lowest BCUT2D eigenvalue weighted by Crippen LogP contribution is -2.45. The Hall–Kier alpha value is -1.10. The summed E-state index contributed by atoms with van der Waals surface area (Å²) in [5.41, 5.74) is 0. The van der Waals surface area contributed by atoms with E-state index in [9.17, 15) is 14.7 Å². The lowest BCUT2D eigenvalue weighted by molar-refractivity contribution is -0.141. The van der Waals surface area contributed by atoms with E-state index >= 15 is 0 Å². The fourth-order valence-corrected chi connectivity index (χ4v) is 3.36. The molecule has 5 heteroatoms. The molecular formula is C14H23NO4. The molecule has 19 heavy (non-hydrogen) atoms. The molecule has 0 aromatic heterocycles. The minimum Gasteiger partial charge on any atom is -0.481 e. The van der Waals surface area contributed by atoms with Gasteiger partial charge < -0.3 is 15.5 Å². The van der Waals surface area contributed by atoms with Crippen LogP contribution < -0.4 is 5.32 Å². The summed E-state index contributed by atoms with van der Waals surface area (Å²) in [6.07, 6.45) is 5.81. The zero-order chi connectivity index (χ0) is 13.8. The van der Waals surface area contributed by atoms with Crippen molar-refractivity contribution < 1.29 is 19.8 Å². The summed E-state index contributed by atoms with van der Waals surface area (Å²) in [6, 6.07) is 0.0649. The Morgan fingerprint density at radius 1 is 1.05 bits per heavy atom. The Balaban J connectivity index is 1.85. The first-order valence-corrected chi connectivity index (χ1v) is 7.26. The number of carbonyl (C=O) groups excluding carboxylic acids is 1. The average molecular weight is 269 g/mol. The van der Waals surface area contributed by atoms with Crippen molar-refractivity contribution in [3.05, 3.63) is 0 Å². The van der Waals surface area contributed by atoms with Crippen LogP contribution in [0, 0.1) is 17.8 Å². The first kappa shape index (κ1) is 14.3. The largest absolute Gasteiger partial charge is 0.481 e. The highest BCUT2D eigenvalue weighted by molar-refractivity contribution is 5.81. The van der Waals surface area contributed by atoms with Crippen LogP contribution in [0.4, 0.5) is 0 Å². The fourth-order valence-electron chi connectivity index (χ4n) is 3.36. The van der Waals surface area contributed by atoms with Gasteiger partial charge in [-0.3, -0.25) is 9.59 Å². The molecule has 1 amide bonds. The lowest BCUT2D eigenvalue weighted by atomic mass is 9.84. The van der Waals surface area contributed by atoms with Gasteiger partial charge in [-0.05, 0) is 32.1 Å². The van der Waals surface area contributed by atoms with Crippen LogP contribution in [-0.2, 0) is 9.59 Å². The first-order chi connectivity index (χ1) is 9.11. The Morgan fingerprint density at radius 2 is 1.74 bits per heavy atom. The molecule has 0 spiro atoms. The second-order valence-electron chi connectivity index (χ2n) is 5.89. The third-order valence-electron chi connectivity index (χ3n) is 4.62. The van der Waals surface area contributed by atoms with Crippen molar-refractivity contribution >= 4 is 11.9 Å². The molecule has 0 heterocycles. The summed E-state index contributed by atoms with van der Waals surface area (Å²) in [6.45, 7) is 0.118. The van der Waals surface area contributed by atoms with Crippen LogP contribution in [-0.4, -0.2) is 34.7 Å². The van der Waals surface area contributed by atoms with E-state index in [4.69, 9.17) is 5.11 Å². The summed E-state index contributed by atoms with van der Waals surface area (Å²) < 4.78 is 0. The van der Waals surface area contributed by atoms with Gasteiger partial charge >= 0.3 is 5.97 Å². The molecule has 0 aromatic carbocycles. The predicted molar refractivity (Wildman–Crippen MR) is 69.4 cm³/mol. The molecule has 0 radical (unpaired) electrons. The molecule has 2 rings (SSSR count). The van der Waals surface area contributed by atoms with Gasteiger partial charge in [-0.25, -0.2) is 0 Å². The number of hydrogen-bond donors (Lipinski definition) is 3. The third-order valence-corrected chi connectivity index (χ3v) is 4.62. The maximum atomic E-state index is 12.2. The fraction of sp³-hybridized carbons (Fsp3) is 0.857. The van der Waals surface area contributed by atoms with Gasteiger partial charge in [0.1, 0.15) is 0 Å². The number of nitrogens with one attached hydrogen (secondary N) is 1. The van der Waals surface area contributed by atoms with Crippen molar-refractivity contribution in [1.82, 2.24) is 5.32 Å². The number of carbonyl (C=O) groups is 2. The van der Waals surface area contributed by atoms with Gasteiger partial charge in [-0.2, -0.15) is 0 Å². The van der Waals surface area contributed by atoms with Gasteiger partial charge in [0.15, 0.2) is 0 Å². The number of hydrogen-bond acceptors (Lipinski definition) is 3. The second kappa shape index (κ2) is 6.37. The van der Waals surface area contributed by atoms with Crippen LogP contribution in [0.15, 0.2) is 0 Å². The van der Waals surface area contributed by atoms with Gasteiger partial charge in [0.2, 0.25) is 5.91 Å². The van der Waals surface area contributed by atoms with Crippen molar-refractivity contribution in [3.8, 4) is 0 Å². The minimum atomic E-state index is -0.791. The van der Waals surface area contributed by atoms with Crippen LogP contribution in [0.1, 0.15) is 44.9 Å². The van der Waals surface area contributed by atoms with Gasteiger partial charge in [-0.1, -0.05) is 12.8 Å². The molecule has 0 aromatic rings. The zero-order valence-corrected chi connectivity index (χ0v) is 11.2. The van der Waals surface area contributed by atoms with E-state index in [-0.39, 0.29) is 36.3 Å². The SMILES string of the molecule is O=C(O)[C@H]1CC[C@@H](C(=O)NC2CCCCC2CO)C1. The molecule has 2 unspecified atom stereocenters. The normalized spacial score (nSPS) is 35.0. The monoisotopic (exact) mass is 269 g/mol. The van der Waals surface area contributed by atoms with Crippen LogP contribution in [0.3, 0.4) is 0 Å². The van der Waals surface area contributed by atoms with Gasteiger partial charge in [-0.15, -0.1) is 0 Å². The van der Waals surface area contributed by atoms with Gasteiger partial charge in [0, 0.05) is 24.5 Å². The van der Waals surface area contributed by atoms with Gasteiger partial charge in [0.05, 0.1) is 5.92 Å². The van der Waals surface area contributed by atoms with Crippen molar-refractivity contribution in [3.63, 3.8) is 0 Å². The average Bonchev–Trinajstić information content (AvgIpc) is 2.89. The van der Waals surface area contributed by atoms with Crippen LogP contribution in [0.2, 0.25) is 0 Å². The molecule has 2 aliphatic rings. The van der Waals surface area contributed by atoms with Crippen molar-refractivity contribution in [2.75, 3.05) is 6.61 Å². The van der Waals surface area contributed by atoms with Crippen molar-refractivity contribution in [2.45, 2.75) is 51.0 Å². The molecule has 108 valence electrons. The Bertz CT molecular complexity index is 344. The van der Waals surface area contributed by atoms with E-state index in [0.717, 1.165) is 25.7 Å². The highest BCUT2D eigenvalue weighted by Gasteiger charge is 2.35. The van der Waals surface area contributed by atoms with E-state index in [1.165, 1.54) is 0 Å². The molecule has 2 saturated carbocycles. The number of carboxylic acid groups (broad SMARTS) is 1. The van der Waals surface area contributed by atoms with E-state index in [2.05, 4.69) is 5.32 Å². The lowest BCUT2D eigenvalue weighted by Gasteiger charge is -2.31. The Morgan fingerprint density at radius 3 is 2.37 bits per heavy atom. The number of amides is 1. The quantitative estimate of drug-likeness (QED) is 0.714. The summed E-state index contributed by atoms with van der Waals surface area (Å²) in [4.78, 5) is 23.1. The van der Waals surface area contributed by atoms with E-state index in [1.54, 1.807) is 0 Å². The maximum Gasteiger partial charge on any atom is 0.306 e. The van der Waals surface area contributed by atoms with Gasteiger partial charge in [0.25, 0.3) is 0 Å². The van der Waals surface area contributed by atoms with Crippen LogP contribution in [0.5, 0.6) is 0 Å². The first-order valence-electron chi connectivity index (χ1n) is 7.26. The van der Waals surface area contributed by atoms with E-state index in [1.807, 2.05) is 0 Å². The van der Waals surface area contributed by atoms with Crippen LogP contribution in [0.25, 0.3) is 0 Å². The second-order valence-corrected chi connectivity index (χ2v) is 5.89. The summed E-state index contributed by atoms with van der Waals surface area (Å²) in [5.74, 6) is -1.18. The maximum absolute atomic E-state index is 12.2. The van der Waals surface area contributed by atoms with E-state index in [0.29, 0.717) is 19.3 Å². The molecule has 2 fully saturated rings. The molecule has 2 aliphatic carbocycles. The van der Waals surface area contributed by atoms with E-state index < -0.39 is 5.97 Å². The Labute approximate surface area is 113 Å². The molecule has 0 aliphatic heterocycles. The molecule has 0 bridgehead atoms. The third kappa shape index (κ3) is 3.47. The summed E-state index contributed by atoms with van der Waals surface area (Å²) in [7, 11) is 0. The number of aliphatic carboxylic acids is 1. The number of aliphatic hydroxyl groups excluding tert-OH is 1. The number of carboxylic acids is 1. The molecule has 0 saturated heterocycles. The highest BCUT2D eigenvalue weighted by Crippen LogP contribution is 2.32. The molecule has 4 atom stereocenters. The molecular weight excluding hydrogens is 246 g/mol. The van der Waals surface area contributed by atoms with Crippen LogP contribution >= 0.6 is 0 Å². The minimum absolute atomic E-state index is 0.0194. The molecule has 3 N–H and O–H groups in total. The number of aliphatic hydroxyl groups is 1. The molecule has 5 nitrogen and oxygen atoms in total. The van der Waals surface area contributed by atoms with Crippen molar-refractivity contribution in [2.24, 2.45) is 17.8 Å². The summed E-state index contributed by atoms with van der Waals surface area (Å²) in [5, 5.41) is 21.3. The highest BCUT2D eigenvalue weighted by atomic mass is 16.4. The number of rotatable bonds is 4. The predicted octanol–water partition coefficient (Wildman–Crippen LogP) is 1.15. The summed E-state index contributed by atoms with van der Waals surface area (Å²) >= 11 is 0. The Kier molecular flexibility index (Phi) is 4.80. The standard InChI is InChI=1S/C14H23NO4/c16-8-11-3-1-2-4-12(11)15-13(17)9-5-6-10(7-9)14(18)19/h9-12,16H,1-8H2,(H,15,17)(H,18,19)/t9-,10+,11?,12?/m1/s1. The van der Waals surface area contributed by atoms with Crippen molar-refractivity contribution in [1.29, 1.82) is 0 Å². The zero-order valence-electron chi connectivity index (χ0n) is 11.2. The topological polar surface area (TPSA) is 86.6 Å².